The number of rotatable bonds is 4. The molecule has 0 saturated carbocycles. The van der Waals surface area contributed by atoms with Crippen LogP contribution < -0.4 is 5.32 Å². The molecule has 0 bridgehead atoms. The zero-order chi connectivity index (χ0) is 14.7. The average Bonchev–Trinajstić information content (AvgIpc) is 2.40. The highest BCUT2D eigenvalue weighted by molar-refractivity contribution is 5.65. The third-order valence-corrected chi connectivity index (χ3v) is 3.23. The Morgan fingerprint density at radius 1 is 1.00 bits per heavy atom. The molecule has 2 rings (SSSR count). The van der Waals surface area contributed by atoms with E-state index in [0.717, 1.165) is 5.56 Å². The summed E-state index contributed by atoms with van der Waals surface area (Å²) >= 11 is 0. The predicted molar refractivity (Wildman–Crippen MR) is 78.5 cm³/mol. The van der Waals surface area contributed by atoms with Crippen LogP contribution in [0.3, 0.4) is 0 Å². The van der Waals surface area contributed by atoms with Crippen molar-refractivity contribution < 1.29 is 8.78 Å². The van der Waals surface area contributed by atoms with Crippen molar-refractivity contribution in [2.45, 2.75) is 33.4 Å². The first kappa shape index (κ1) is 14.7. The predicted octanol–water partition coefficient (Wildman–Crippen LogP) is 4.44. The van der Waals surface area contributed by atoms with Crippen LogP contribution in [-0.4, -0.2) is 6.04 Å². The van der Waals surface area contributed by atoms with Crippen LogP contribution in [-0.2, 0) is 6.54 Å². The molecule has 0 aliphatic rings. The van der Waals surface area contributed by atoms with E-state index in [2.05, 4.69) is 5.32 Å². The normalized spacial score (nSPS) is 11.1. The summed E-state index contributed by atoms with van der Waals surface area (Å²) in [6.45, 7) is 6.40. The minimum atomic E-state index is -0.323. The molecule has 106 valence electrons. The number of halogens is 2. The first-order valence-corrected chi connectivity index (χ1v) is 6.75. The lowest BCUT2D eigenvalue weighted by Gasteiger charge is -2.10. The van der Waals surface area contributed by atoms with E-state index in [0.29, 0.717) is 29.3 Å². The van der Waals surface area contributed by atoms with E-state index in [1.54, 1.807) is 25.1 Å². The Morgan fingerprint density at radius 2 is 1.75 bits per heavy atom. The van der Waals surface area contributed by atoms with E-state index in [9.17, 15) is 8.78 Å². The maximum atomic E-state index is 14.1. The second-order valence-corrected chi connectivity index (χ2v) is 5.31. The van der Waals surface area contributed by atoms with Gasteiger partial charge in [-0.1, -0.05) is 38.1 Å². The van der Waals surface area contributed by atoms with Crippen molar-refractivity contribution in [3.8, 4) is 11.1 Å². The van der Waals surface area contributed by atoms with Gasteiger partial charge in [-0.15, -0.1) is 0 Å². The fourth-order valence-electron chi connectivity index (χ4n) is 1.99. The van der Waals surface area contributed by atoms with Crippen LogP contribution in [0.25, 0.3) is 11.1 Å². The Kier molecular flexibility index (Phi) is 4.50. The summed E-state index contributed by atoms with van der Waals surface area (Å²) in [6, 6.07) is 10.2. The first-order chi connectivity index (χ1) is 9.47. The third kappa shape index (κ3) is 3.42. The van der Waals surface area contributed by atoms with Crippen molar-refractivity contribution in [1.82, 2.24) is 5.32 Å². The number of hydrogen-bond acceptors (Lipinski definition) is 1. The highest BCUT2D eigenvalue weighted by Gasteiger charge is 2.08. The second kappa shape index (κ2) is 6.14. The molecule has 2 aromatic carbocycles. The molecule has 3 heteroatoms. The van der Waals surface area contributed by atoms with Crippen molar-refractivity contribution in [2.24, 2.45) is 0 Å². The van der Waals surface area contributed by atoms with E-state index >= 15 is 0 Å². The molecule has 0 amide bonds. The molecule has 0 aromatic heterocycles. The van der Waals surface area contributed by atoms with Crippen molar-refractivity contribution >= 4 is 0 Å². The average molecular weight is 275 g/mol. The Labute approximate surface area is 118 Å². The smallest absolute Gasteiger partial charge is 0.131 e. The maximum absolute atomic E-state index is 14.1. The molecule has 0 heterocycles. The van der Waals surface area contributed by atoms with Gasteiger partial charge in [-0.25, -0.2) is 8.78 Å². The summed E-state index contributed by atoms with van der Waals surface area (Å²) in [4.78, 5) is 0. The standard InChI is InChI=1S/C17H19F2N/c1-11(2)20-10-13-5-7-15(17(19)8-13)14-6-4-12(3)16(18)9-14/h4-9,11,20H,10H2,1-3H3. The van der Waals surface area contributed by atoms with E-state index in [1.165, 1.54) is 12.1 Å². The highest BCUT2D eigenvalue weighted by atomic mass is 19.1. The van der Waals surface area contributed by atoms with E-state index in [-0.39, 0.29) is 11.6 Å². The van der Waals surface area contributed by atoms with Crippen molar-refractivity contribution in [1.29, 1.82) is 0 Å². The van der Waals surface area contributed by atoms with Gasteiger partial charge in [0.25, 0.3) is 0 Å². The fraction of sp³-hybridized carbons (Fsp3) is 0.294. The van der Waals surface area contributed by atoms with Crippen LogP contribution in [0.1, 0.15) is 25.0 Å². The van der Waals surface area contributed by atoms with Gasteiger partial charge in [0.2, 0.25) is 0 Å². The molecule has 0 unspecified atom stereocenters. The highest BCUT2D eigenvalue weighted by Crippen LogP contribution is 2.25. The van der Waals surface area contributed by atoms with Gasteiger partial charge in [-0.3, -0.25) is 0 Å². The zero-order valence-electron chi connectivity index (χ0n) is 12.0. The molecule has 0 atom stereocenters. The largest absolute Gasteiger partial charge is 0.310 e. The molecule has 20 heavy (non-hydrogen) atoms. The topological polar surface area (TPSA) is 12.0 Å². The lowest BCUT2D eigenvalue weighted by molar-refractivity contribution is 0.582. The van der Waals surface area contributed by atoms with Crippen LogP contribution in [0.15, 0.2) is 36.4 Å². The molecule has 0 saturated heterocycles. The summed E-state index contributed by atoms with van der Waals surface area (Å²) < 4.78 is 27.7. The molecular weight excluding hydrogens is 256 g/mol. The summed E-state index contributed by atoms with van der Waals surface area (Å²) in [6.07, 6.45) is 0. The quantitative estimate of drug-likeness (QED) is 0.870. The lowest BCUT2D eigenvalue weighted by Crippen LogP contribution is -2.21. The minimum Gasteiger partial charge on any atom is -0.310 e. The minimum absolute atomic E-state index is 0.313. The second-order valence-electron chi connectivity index (χ2n) is 5.31. The van der Waals surface area contributed by atoms with Crippen LogP contribution in [0, 0.1) is 18.6 Å². The zero-order valence-corrected chi connectivity index (χ0v) is 12.0. The first-order valence-electron chi connectivity index (χ1n) is 6.75. The molecule has 1 N–H and O–H groups in total. The number of hydrogen-bond donors (Lipinski definition) is 1. The van der Waals surface area contributed by atoms with Gasteiger partial charge in [0.05, 0.1) is 0 Å². The van der Waals surface area contributed by atoms with Crippen LogP contribution in [0.2, 0.25) is 0 Å². The van der Waals surface area contributed by atoms with Crippen molar-refractivity contribution in [3.63, 3.8) is 0 Å². The van der Waals surface area contributed by atoms with Crippen LogP contribution >= 0.6 is 0 Å². The Bertz CT molecular complexity index is 606. The van der Waals surface area contributed by atoms with Crippen molar-refractivity contribution in [2.75, 3.05) is 0 Å². The number of nitrogens with one attached hydrogen (secondary N) is 1. The van der Waals surface area contributed by atoms with E-state index in [1.807, 2.05) is 19.9 Å². The monoisotopic (exact) mass is 275 g/mol. The summed E-state index contributed by atoms with van der Waals surface area (Å²) in [5.41, 5.74) is 2.44. The van der Waals surface area contributed by atoms with Gasteiger partial charge < -0.3 is 5.32 Å². The molecular formula is C17H19F2N. The SMILES string of the molecule is Cc1ccc(-c2ccc(CNC(C)C)cc2F)cc1F. The van der Waals surface area contributed by atoms with Gasteiger partial charge in [0.15, 0.2) is 0 Å². The molecule has 0 radical (unpaired) electrons. The Balaban J connectivity index is 2.27. The lowest BCUT2D eigenvalue weighted by atomic mass is 10.0. The van der Waals surface area contributed by atoms with Gasteiger partial charge in [0, 0.05) is 18.2 Å². The van der Waals surface area contributed by atoms with Crippen molar-refractivity contribution in [3.05, 3.63) is 59.2 Å². The van der Waals surface area contributed by atoms with Crippen LogP contribution in [0.4, 0.5) is 8.78 Å². The Hall–Kier alpha value is -1.74. The molecule has 1 nitrogen and oxygen atoms in total. The molecule has 0 spiro atoms. The van der Waals surface area contributed by atoms with E-state index < -0.39 is 0 Å². The van der Waals surface area contributed by atoms with Crippen LogP contribution in [0.5, 0.6) is 0 Å². The number of benzene rings is 2. The van der Waals surface area contributed by atoms with Gasteiger partial charge in [-0.05, 0) is 35.7 Å². The Morgan fingerprint density at radius 3 is 2.35 bits per heavy atom. The maximum Gasteiger partial charge on any atom is 0.131 e. The molecule has 2 aromatic rings. The molecule has 0 fully saturated rings. The summed E-state index contributed by atoms with van der Waals surface area (Å²) in [7, 11) is 0. The molecule has 0 aliphatic heterocycles. The van der Waals surface area contributed by atoms with Gasteiger partial charge in [0.1, 0.15) is 11.6 Å². The molecule has 0 aliphatic carbocycles. The fourth-order valence-corrected chi connectivity index (χ4v) is 1.99. The summed E-state index contributed by atoms with van der Waals surface area (Å²) in [5.74, 6) is -0.635. The van der Waals surface area contributed by atoms with Gasteiger partial charge in [-0.2, -0.15) is 0 Å². The van der Waals surface area contributed by atoms with E-state index in [4.69, 9.17) is 0 Å². The summed E-state index contributed by atoms with van der Waals surface area (Å²) in [5, 5.41) is 3.24. The van der Waals surface area contributed by atoms with Gasteiger partial charge >= 0.3 is 0 Å². The number of aryl methyl sites for hydroxylation is 1. The third-order valence-electron chi connectivity index (χ3n) is 3.23.